The summed E-state index contributed by atoms with van der Waals surface area (Å²) in [5, 5.41) is 14.8. The van der Waals surface area contributed by atoms with Crippen LogP contribution in [-0.2, 0) is 14.3 Å². The quantitative estimate of drug-likeness (QED) is 0.505. The number of carboxylic acid groups (broad SMARTS) is 1. The highest BCUT2D eigenvalue weighted by Crippen LogP contribution is 2.44. The van der Waals surface area contributed by atoms with Gasteiger partial charge in [-0.05, 0) is 49.2 Å². The minimum Gasteiger partial charge on any atom is -0.481 e. The first-order valence-electron chi connectivity index (χ1n) is 11.8. The Bertz CT molecular complexity index is 1080. The molecule has 0 saturated heterocycles. The number of rotatable bonds is 8. The van der Waals surface area contributed by atoms with Gasteiger partial charge in [0.05, 0.1) is 5.92 Å². The molecule has 0 aromatic heterocycles. The van der Waals surface area contributed by atoms with Crippen molar-refractivity contribution in [3.8, 4) is 11.1 Å². The minimum absolute atomic E-state index is 0.0744. The molecule has 8 heteroatoms. The van der Waals surface area contributed by atoms with E-state index in [0.29, 0.717) is 12.8 Å². The number of hydrogen-bond donors (Lipinski definition) is 3. The molecule has 2 aliphatic rings. The zero-order valence-corrected chi connectivity index (χ0v) is 19.9. The number of ether oxygens (including phenoxy) is 1. The van der Waals surface area contributed by atoms with E-state index in [2.05, 4.69) is 22.8 Å². The van der Waals surface area contributed by atoms with Crippen LogP contribution in [0.2, 0.25) is 0 Å². The van der Waals surface area contributed by atoms with Crippen molar-refractivity contribution in [2.75, 3.05) is 27.2 Å². The summed E-state index contributed by atoms with van der Waals surface area (Å²) in [4.78, 5) is 38.8. The summed E-state index contributed by atoms with van der Waals surface area (Å²) in [5.41, 5.74) is 4.51. The molecule has 8 nitrogen and oxygen atoms in total. The van der Waals surface area contributed by atoms with Crippen molar-refractivity contribution < 1.29 is 24.2 Å². The number of nitrogens with one attached hydrogen (secondary N) is 2. The van der Waals surface area contributed by atoms with Gasteiger partial charge in [-0.1, -0.05) is 60.7 Å². The molecule has 2 aromatic carbocycles. The molecule has 35 heavy (non-hydrogen) atoms. The van der Waals surface area contributed by atoms with E-state index in [1.807, 2.05) is 36.4 Å². The van der Waals surface area contributed by atoms with Gasteiger partial charge in [0.15, 0.2) is 0 Å². The molecule has 2 aromatic rings. The second-order valence-electron chi connectivity index (χ2n) is 9.33. The first-order chi connectivity index (χ1) is 16.8. The molecule has 0 saturated carbocycles. The zero-order valence-electron chi connectivity index (χ0n) is 19.9. The lowest BCUT2D eigenvalue weighted by atomic mass is 9.91. The monoisotopic (exact) mass is 477 g/mol. The average Bonchev–Trinajstić information content (AvgIpc) is 3.16. The number of carbonyl (C=O) groups excluding carboxylic acids is 2. The lowest BCUT2D eigenvalue weighted by Gasteiger charge is -2.27. The topological polar surface area (TPSA) is 108 Å². The molecule has 0 bridgehead atoms. The smallest absolute Gasteiger partial charge is 0.407 e. The van der Waals surface area contributed by atoms with Crippen LogP contribution in [0.5, 0.6) is 0 Å². The third-order valence-corrected chi connectivity index (χ3v) is 6.50. The summed E-state index contributed by atoms with van der Waals surface area (Å²) >= 11 is 0. The van der Waals surface area contributed by atoms with Gasteiger partial charge in [0.1, 0.15) is 12.6 Å². The minimum atomic E-state index is -0.879. The fraction of sp³-hybridized carbons (Fsp3) is 0.370. The SMILES string of the molecule is CN(C)CC(NC(=O)OCC1c2ccccc2-c2ccccc21)C(=O)N[C@H]1C=CC[C@H](C(=O)O)C1. The molecule has 0 heterocycles. The molecule has 2 aliphatic carbocycles. The number of allylic oxidation sites excluding steroid dienone is 1. The molecule has 4 rings (SSSR count). The van der Waals surface area contributed by atoms with Crippen LogP contribution in [0.4, 0.5) is 4.79 Å². The van der Waals surface area contributed by atoms with E-state index in [-0.39, 0.29) is 25.0 Å². The summed E-state index contributed by atoms with van der Waals surface area (Å²) in [5.74, 6) is -1.87. The fourth-order valence-corrected chi connectivity index (χ4v) is 4.82. The molecule has 184 valence electrons. The summed E-state index contributed by atoms with van der Waals surface area (Å²) in [6, 6.07) is 14.9. The van der Waals surface area contributed by atoms with Crippen LogP contribution in [0.3, 0.4) is 0 Å². The Morgan fingerprint density at radius 3 is 2.29 bits per heavy atom. The summed E-state index contributed by atoms with van der Waals surface area (Å²) in [6.07, 6.45) is 3.67. The van der Waals surface area contributed by atoms with Crippen LogP contribution < -0.4 is 10.6 Å². The van der Waals surface area contributed by atoms with Crippen LogP contribution in [0, 0.1) is 5.92 Å². The molecular formula is C27H31N3O5. The number of hydrogen-bond acceptors (Lipinski definition) is 5. The first-order valence-corrected chi connectivity index (χ1v) is 11.8. The van der Waals surface area contributed by atoms with Crippen LogP contribution in [0.1, 0.15) is 29.9 Å². The Balaban J connectivity index is 1.38. The Kier molecular flexibility index (Phi) is 7.51. The number of likely N-dealkylation sites (N-methyl/N-ethyl adjacent to an activating group) is 1. The van der Waals surface area contributed by atoms with E-state index in [1.54, 1.807) is 31.1 Å². The molecule has 3 atom stereocenters. The molecular weight excluding hydrogens is 446 g/mol. The first kappa shape index (κ1) is 24.5. The number of alkyl carbamates (subject to hydrolysis) is 1. The Morgan fingerprint density at radius 2 is 1.69 bits per heavy atom. The summed E-state index contributed by atoms with van der Waals surface area (Å²) < 4.78 is 5.60. The van der Waals surface area contributed by atoms with E-state index in [0.717, 1.165) is 22.3 Å². The standard InChI is InChI=1S/C27H31N3O5/c1-30(2)15-24(25(31)28-18-9-7-8-17(14-18)26(32)33)29-27(34)35-16-23-21-12-5-3-10-19(21)20-11-4-6-13-22(20)23/h3-7,9-13,17-18,23-24H,8,14-16H2,1-2H3,(H,28,31)(H,29,34)(H,32,33)/t17-,18-,24?/m0/s1. The van der Waals surface area contributed by atoms with Gasteiger partial charge in [0.2, 0.25) is 5.91 Å². The Labute approximate surface area is 205 Å². The number of amides is 2. The number of fused-ring (bicyclic) bond motifs is 3. The number of carboxylic acids is 1. The molecule has 0 spiro atoms. The molecule has 0 radical (unpaired) electrons. The lowest BCUT2D eigenvalue weighted by molar-refractivity contribution is -0.142. The van der Waals surface area contributed by atoms with Crippen molar-refractivity contribution in [3.05, 3.63) is 71.8 Å². The van der Waals surface area contributed by atoms with Crippen molar-refractivity contribution in [1.82, 2.24) is 15.5 Å². The van der Waals surface area contributed by atoms with E-state index < -0.39 is 30.1 Å². The van der Waals surface area contributed by atoms with E-state index in [9.17, 15) is 19.5 Å². The van der Waals surface area contributed by atoms with Gasteiger partial charge in [-0.3, -0.25) is 9.59 Å². The Morgan fingerprint density at radius 1 is 1.06 bits per heavy atom. The van der Waals surface area contributed by atoms with E-state index in [1.165, 1.54) is 0 Å². The van der Waals surface area contributed by atoms with Gasteiger partial charge in [0.25, 0.3) is 0 Å². The largest absolute Gasteiger partial charge is 0.481 e. The van der Waals surface area contributed by atoms with E-state index in [4.69, 9.17) is 4.74 Å². The molecule has 0 fully saturated rings. The number of aliphatic carboxylic acids is 1. The maximum Gasteiger partial charge on any atom is 0.407 e. The van der Waals surface area contributed by atoms with Crippen LogP contribution in [-0.4, -0.2) is 67.3 Å². The van der Waals surface area contributed by atoms with Crippen molar-refractivity contribution >= 4 is 18.0 Å². The highest BCUT2D eigenvalue weighted by Gasteiger charge is 2.31. The Hall–Kier alpha value is -3.65. The van der Waals surface area contributed by atoms with Gasteiger partial charge in [-0.25, -0.2) is 4.79 Å². The summed E-state index contributed by atoms with van der Waals surface area (Å²) in [6.45, 7) is 0.427. The predicted octanol–water partition coefficient (Wildman–Crippen LogP) is 2.99. The summed E-state index contributed by atoms with van der Waals surface area (Å²) in [7, 11) is 3.61. The third-order valence-electron chi connectivity index (χ3n) is 6.50. The predicted molar refractivity (Wildman–Crippen MR) is 132 cm³/mol. The maximum atomic E-state index is 13.0. The van der Waals surface area contributed by atoms with Crippen molar-refractivity contribution in [1.29, 1.82) is 0 Å². The van der Waals surface area contributed by atoms with Crippen molar-refractivity contribution in [2.45, 2.75) is 30.8 Å². The van der Waals surface area contributed by atoms with Crippen molar-refractivity contribution in [3.63, 3.8) is 0 Å². The van der Waals surface area contributed by atoms with Gasteiger partial charge >= 0.3 is 12.1 Å². The highest BCUT2D eigenvalue weighted by molar-refractivity contribution is 5.86. The van der Waals surface area contributed by atoms with Crippen LogP contribution in [0.15, 0.2) is 60.7 Å². The van der Waals surface area contributed by atoms with E-state index >= 15 is 0 Å². The van der Waals surface area contributed by atoms with Gasteiger partial charge in [-0.15, -0.1) is 0 Å². The average molecular weight is 478 g/mol. The zero-order chi connectivity index (χ0) is 24.9. The number of benzene rings is 2. The van der Waals surface area contributed by atoms with Crippen LogP contribution >= 0.6 is 0 Å². The molecule has 3 N–H and O–H groups in total. The maximum absolute atomic E-state index is 13.0. The molecule has 1 unspecified atom stereocenters. The van der Waals surface area contributed by atoms with Gasteiger partial charge in [-0.2, -0.15) is 0 Å². The second-order valence-corrected chi connectivity index (χ2v) is 9.33. The van der Waals surface area contributed by atoms with Crippen molar-refractivity contribution in [2.24, 2.45) is 5.92 Å². The highest BCUT2D eigenvalue weighted by atomic mass is 16.5. The number of nitrogens with zero attached hydrogens (tertiary/aromatic N) is 1. The van der Waals surface area contributed by atoms with Gasteiger partial charge in [0, 0.05) is 18.5 Å². The molecule has 2 amide bonds. The second kappa shape index (κ2) is 10.7. The van der Waals surface area contributed by atoms with Crippen LogP contribution in [0.25, 0.3) is 11.1 Å². The lowest BCUT2D eigenvalue weighted by Crippen LogP contribution is -2.54. The normalized spacial score (nSPS) is 19.5. The third kappa shape index (κ3) is 5.71. The molecule has 0 aliphatic heterocycles. The number of carbonyl (C=O) groups is 3. The fourth-order valence-electron chi connectivity index (χ4n) is 4.82. The van der Waals surface area contributed by atoms with Gasteiger partial charge < -0.3 is 25.4 Å².